The highest BCUT2D eigenvalue weighted by atomic mass is 16.2. The average Bonchev–Trinajstić information content (AvgIpc) is 2.75. The average molecular weight is 392 g/mol. The third-order valence-corrected chi connectivity index (χ3v) is 5.80. The Hall–Kier alpha value is -4.32. The fraction of sp³-hybridized carbons (Fsp3) is 0. The van der Waals surface area contributed by atoms with E-state index >= 15 is 0 Å². The van der Waals surface area contributed by atoms with Gasteiger partial charge in [0, 0.05) is 33.0 Å². The summed E-state index contributed by atoms with van der Waals surface area (Å²) < 4.78 is 0. The molecule has 2 heterocycles. The number of benzene rings is 4. The van der Waals surface area contributed by atoms with Crippen LogP contribution < -0.4 is 10.6 Å². The van der Waals surface area contributed by atoms with Crippen molar-refractivity contribution in [1.82, 2.24) is 10.6 Å². The van der Waals surface area contributed by atoms with Crippen LogP contribution in [-0.4, -0.2) is 23.6 Å². The Balaban J connectivity index is 1.74. The molecule has 0 aliphatic carbocycles. The topological polar surface area (TPSA) is 92.3 Å². The van der Waals surface area contributed by atoms with Gasteiger partial charge < -0.3 is 0 Å². The monoisotopic (exact) mass is 392 g/mol. The second kappa shape index (κ2) is 5.61. The van der Waals surface area contributed by atoms with E-state index in [-0.39, 0.29) is 0 Å². The molecule has 0 spiro atoms. The Morgan fingerprint density at radius 1 is 0.400 bits per heavy atom. The van der Waals surface area contributed by atoms with Gasteiger partial charge in [-0.2, -0.15) is 0 Å². The van der Waals surface area contributed by atoms with Gasteiger partial charge in [-0.25, -0.2) is 0 Å². The van der Waals surface area contributed by atoms with Crippen molar-refractivity contribution in [3.63, 3.8) is 0 Å². The van der Waals surface area contributed by atoms with Gasteiger partial charge in [-0.05, 0) is 46.2 Å². The van der Waals surface area contributed by atoms with Gasteiger partial charge in [0.25, 0.3) is 23.6 Å². The Morgan fingerprint density at radius 3 is 1.13 bits per heavy atom. The molecule has 6 heteroatoms. The number of imide groups is 2. The fourth-order valence-corrected chi connectivity index (χ4v) is 4.52. The molecule has 0 atom stereocenters. The lowest BCUT2D eigenvalue weighted by Gasteiger charge is -2.21. The summed E-state index contributed by atoms with van der Waals surface area (Å²) in [6, 6.07) is 17.8. The Labute approximate surface area is 169 Å². The van der Waals surface area contributed by atoms with E-state index in [1.807, 2.05) is 24.3 Å². The van der Waals surface area contributed by atoms with Gasteiger partial charge in [-0.15, -0.1) is 0 Å². The summed E-state index contributed by atoms with van der Waals surface area (Å²) in [5, 5.41) is 7.48. The molecule has 0 unspecified atom stereocenters. The maximum absolute atomic E-state index is 12.3. The van der Waals surface area contributed by atoms with Crippen molar-refractivity contribution in [2.24, 2.45) is 0 Å². The molecule has 30 heavy (non-hydrogen) atoms. The molecule has 0 saturated heterocycles. The fourth-order valence-electron chi connectivity index (χ4n) is 4.52. The highest BCUT2D eigenvalue weighted by Gasteiger charge is 2.28. The number of nitrogens with one attached hydrogen (secondary N) is 2. The molecule has 4 aromatic carbocycles. The standard InChI is InChI=1S/C24H12N2O4/c27-21-15-5-1-3-13-11(7-9-17(19(13)15)23(29)25-21)12-8-10-18-20-14(12)4-2-6-16(20)22(28)26-24(18)30/h1-10H,(H,25,27,29)(H,26,28,30). The van der Waals surface area contributed by atoms with Crippen LogP contribution in [0.3, 0.4) is 0 Å². The summed E-state index contributed by atoms with van der Waals surface area (Å²) in [4.78, 5) is 49.3. The number of amides is 4. The molecule has 0 saturated carbocycles. The van der Waals surface area contributed by atoms with E-state index in [4.69, 9.17) is 0 Å². The first kappa shape index (κ1) is 16.6. The van der Waals surface area contributed by atoms with E-state index in [1.165, 1.54) is 0 Å². The van der Waals surface area contributed by atoms with Gasteiger partial charge in [-0.3, -0.25) is 29.8 Å². The Kier molecular flexibility index (Phi) is 3.11. The first-order valence-electron chi connectivity index (χ1n) is 9.38. The molecule has 142 valence electrons. The van der Waals surface area contributed by atoms with Gasteiger partial charge in [0.2, 0.25) is 0 Å². The molecule has 2 aliphatic rings. The number of rotatable bonds is 1. The lowest BCUT2D eigenvalue weighted by Crippen LogP contribution is -2.34. The lowest BCUT2D eigenvalue weighted by atomic mass is 9.86. The van der Waals surface area contributed by atoms with Crippen molar-refractivity contribution >= 4 is 45.2 Å². The number of carbonyl (C=O) groups excluding carboxylic acids is 4. The SMILES string of the molecule is O=C1NC(=O)c2ccc(-c3ccc4c5c(cccc35)C(=O)NC4=O)c3cccc1c23. The van der Waals surface area contributed by atoms with Crippen LogP contribution in [0.1, 0.15) is 41.4 Å². The zero-order valence-corrected chi connectivity index (χ0v) is 15.4. The van der Waals surface area contributed by atoms with Gasteiger partial charge in [0.05, 0.1) is 0 Å². The smallest absolute Gasteiger partial charge is 0.258 e. The molecule has 6 rings (SSSR count). The quantitative estimate of drug-likeness (QED) is 0.486. The van der Waals surface area contributed by atoms with Gasteiger partial charge >= 0.3 is 0 Å². The second-order valence-electron chi connectivity index (χ2n) is 7.34. The van der Waals surface area contributed by atoms with Crippen molar-refractivity contribution in [2.45, 2.75) is 0 Å². The van der Waals surface area contributed by atoms with Crippen LogP contribution in [0.15, 0.2) is 60.7 Å². The van der Waals surface area contributed by atoms with Crippen molar-refractivity contribution in [1.29, 1.82) is 0 Å². The van der Waals surface area contributed by atoms with E-state index in [1.54, 1.807) is 36.4 Å². The molecule has 0 aromatic heterocycles. The largest absolute Gasteiger partial charge is 0.288 e. The molecular weight excluding hydrogens is 380 g/mol. The van der Waals surface area contributed by atoms with Crippen LogP contribution in [-0.2, 0) is 0 Å². The molecule has 6 nitrogen and oxygen atoms in total. The zero-order valence-electron chi connectivity index (χ0n) is 15.4. The summed E-state index contributed by atoms with van der Waals surface area (Å²) in [5.74, 6) is -1.69. The van der Waals surface area contributed by atoms with Crippen LogP contribution in [0.4, 0.5) is 0 Å². The third-order valence-electron chi connectivity index (χ3n) is 5.80. The molecule has 4 aromatic rings. The molecule has 0 fully saturated rings. The third kappa shape index (κ3) is 2.02. The zero-order chi connectivity index (χ0) is 20.6. The summed E-state index contributed by atoms with van der Waals surface area (Å²) in [6.45, 7) is 0. The van der Waals surface area contributed by atoms with Crippen molar-refractivity contribution in [3.8, 4) is 11.1 Å². The second-order valence-corrected chi connectivity index (χ2v) is 7.34. The highest BCUT2D eigenvalue weighted by molar-refractivity contribution is 6.29. The van der Waals surface area contributed by atoms with Gasteiger partial charge in [0.15, 0.2) is 0 Å². The lowest BCUT2D eigenvalue weighted by molar-refractivity contribution is 0.0828. The summed E-state index contributed by atoms with van der Waals surface area (Å²) >= 11 is 0. The minimum atomic E-state index is -0.422. The number of hydrogen-bond donors (Lipinski definition) is 2. The molecule has 2 aliphatic heterocycles. The molecule has 0 bridgehead atoms. The van der Waals surface area contributed by atoms with Crippen LogP contribution in [0.2, 0.25) is 0 Å². The van der Waals surface area contributed by atoms with E-state index in [2.05, 4.69) is 10.6 Å². The number of carbonyl (C=O) groups is 4. The normalized spacial score (nSPS) is 14.8. The van der Waals surface area contributed by atoms with Crippen molar-refractivity contribution in [3.05, 3.63) is 82.9 Å². The Bertz CT molecular complexity index is 1360. The van der Waals surface area contributed by atoms with Gasteiger partial charge in [0.1, 0.15) is 0 Å². The maximum atomic E-state index is 12.3. The van der Waals surface area contributed by atoms with Crippen LogP contribution in [0.5, 0.6) is 0 Å². The summed E-state index contributed by atoms with van der Waals surface area (Å²) in [7, 11) is 0. The molecular formula is C24H12N2O4. The van der Waals surface area contributed by atoms with E-state index < -0.39 is 23.6 Å². The first-order chi connectivity index (χ1) is 14.5. The molecule has 2 N–H and O–H groups in total. The van der Waals surface area contributed by atoms with E-state index in [0.29, 0.717) is 33.0 Å². The van der Waals surface area contributed by atoms with Crippen LogP contribution in [0.25, 0.3) is 32.7 Å². The van der Waals surface area contributed by atoms with Crippen LogP contribution in [0, 0.1) is 0 Å². The van der Waals surface area contributed by atoms with E-state index in [9.17, 15) is 19.2 Å². The highest BCUT2D eigenvalue weighted by Crippen LogP contribution is 2.39. The maximum Gasteiger partial charge on any atom is 0.258 e. The van der Waals surface area contributed by atoms with Crippen LogP contribution >= 0.6 is 0 Å². The minimum absolute atomic E-state index is 0.422. The predicted molar refractivity (Wildman–Crippen MR) is 110 cm³/mol. The van der Waals surface area contributed by atoms with Gasteiger partial charge in [-0.1, -0.05) is 36.4 Å². The van der Waals surface area contributed by atoms with Crippen molar-refractivity contribution in [2.75, 3.05) is 0 Å². The summed E-state index contributed by atoms with van der Waals surface area (Å²) in [6.07, 6.45) is 0. The predicted octanol–water partition coefficient (Wildman–Crippen LogP) is 3.43. The Morgan fingerprint density at radius 2 is 0.733 bits per heavy atom. The first-order valence-corrected chi connectivity index (χ1v) is 9.38. The molecule has 4 amide bonds. The summed E-state index contributed by atoms with van der Waals surface area (Å²) in [5.41, 5.74) is 3.42. The van der Waals surface area contributed by atoms with Crippen molar-refractivity contribution < 1.29 is 19.2 Å². The minimum Gasteiger partial charge on any atom is -0.288 e. The molecule has 0 radical (unpaired) electrons. The van der Waals surface area contributed by atoms with E-state index in [0.717, 1.165) is 21.9 Å². The number of hydrogen-bond acceptors (Lipinski definition) is 4.